The molecule has 118 valence electrons. The van der Waals surface area contributed by atoms with Crippen LogP contribution in [0, 0.1) is 0 Å². The zero-order chi connectivity index (χ0) is 15.8. The highest BCUT2D eigenvalue weighted by atomic mass is 35.5. The Labute approximate surface area is 137 Å². The third-order valence-corrected chi connectivity index (χ3v) is 3.54. The Hall–Kier alpha value is -1.71. The van der Waals surface area contributed by atoms with Crippen LogP contribution in [0.15, 0.2) is 42.5 Å². The SMILES string of the molecule is CCCOc1ccc(Cl)cc1CNCc1ccccc1OC. The molecule has 0 aliphatic rings. The van der Waals surface area contributed by atoms with Gasteiger partial charge in [0.05, 0.1) is 13.7 Å². The lowest BCUT2D eigenvalue weighted by atomic mass is 10.1. The standard InChI is InChI=1S/C18H22ClNO2/c1-3-10-22-18-9-8-16(19)11-15(18)13-20-12-14-6-4-5-7-17(14)21-2/h4-9,11,20H,3,10,12-13H2,1-2H3. The van der Waals surface area contributed by atoms with E-state index in [0.29, 0.717) is 13.2 Å². The van der Waals surface area contributed by atoms with Crippen molar-refractivity contribution in [2.75, 3.05) is 13.7 Å². The van der Waals surface area contributed by atoms with Gasteiger partial charge < -0.3 is 14.8 Å². The summed E-state index contributed by atoms with van der Waals surface area (Å²) in [6.07, 6.45) is 0.983. The van der Waals surface area contributed by atoms with Gasteiger partial charge in [-0.05, 0) is 30.7 Å². The first-order valence-corrected chi connectivity index (χ1v) is 7.86. The molecule has 0 amide bonds. The van der Waals surface area contributed by atoms with E-state index in [4.69, 9.17) is 21.1 Å². The first-order valence-electron chi connectivity index (χ1n) is 7.48. The van der Waals surface area contributed by atoms with Gasteiger partial charge in [0.1, 0.15) is 11.5 Å². The molecule has 0 heterocycles. The van der Waals surface area contributed by atoms with E-state index in [-0.39, 0.29) is 0 Å². The molecular formula is C18H22ClNO2. The topological polar surface area (TPSA) is 30.5 Å². The molecule has 0 aromatic heterocycles. The van der Waals surface area contributed by atoms with Crippen molar-refractivity contribution in [3.8, 4) is 11.5 Å². The molecule has 0 saturated carbocycles. The fourth-order valence-electron chi connectivity index (χ4n) is 2.22. The summed E-state index contributed by atoms with van der Waals surface area (Å²) in [5.74, 6) is 1.78. The van der Waals surface area contributed by atoms with Crippen molar-refractivity contribution in [2.45, 2.75) is 26.4 Å². The molecular weight excluding hydrogens is 298 g/mol. The van der Waals surface area contributed by atoms with Crippen LogP contribution in [0.1, 0.15) is 24.5 Å². The average molecular weight is 320 g/mol. The van der Waals surface area contributed by atoms with Crippen LogP contribution in [-0.4, -0.2) is 13.7 Å². The highest BCUT2D eigenvalue weighted by Crippen LogP contribution is 2.23. The molecule has 2 rings (SSSR count). The van der Waals surface area contributed by atoms with Crippen LogP contribution >= 0.6 is 11.6 Å². The van der Waals surface area contributed by atoms with Crippen molar-refractivity contribution < 1.29 is 9.47 Å². The number of halogens is 1. The maximum Gasteiger partial charge on any atom is 0.123 e. The van der Waals surface area contributed by atoms with Gasteiger partial charge in [-0.1, -0.05) is 36.7 Å². The number of ether oxygens (including phenoxy) is 2. The summed E-state index contributed by atoms with van der Waals surface area (Å²) < 4.78 is 11.1. The predicted molar refractivity (Wildman–Crippen MR) is 90.8 cm³/mol. The van der Waals surface area contributed by atoms with Crippen LogP contribution < -0.4 is 14.8 Å². The van der Waals surface area contributed by atoms with Crippen LogP contribution in [-0.2, 0) is 13.1 Å². The molecule has 3 nitrogen and oxygen atoms in total. The Bertz CT molecular complexity index is 601. The molecule has 0 aliphatic carbocycles. The van der Waals surface area contributed by atoms with Crippen molar-refractivity contribution >= 4 is 11.6 Å². The number of nitrogens with one attached hydrogen (secondary N) is 1. The highest BCUT2D eigenvalue weighted by molar-refractivity contribution is 6.30. The van der Waals surface area contributed by atoms with E-state index in [1.807, 2.05) is 36.4 Å². The molecule has 1 N–H and O–H groups in total. The van der Waals surface area contributed by atoms with E-state index in [1.54, 1.807) is 7.11 Å². The van der Waals surface area contributed by atoms with E-state index in [0.717, 1.165) is 40.6 Å². The summed E-state index contributed by atoms with van der Waals surface area (Å²) in [6.45, 7) is 4.22. The van der Waals surface area contributed by atoms with Gasteiger partial charge in [-0.15, -0.1) is 0 Å². The molecule has 2 aromatic rings. The summed E-state index contributed by atoms with van der Waals surface area (Å²) in [7, 11) is 1.69. The summed E-state index contributed by atoms with van der Waals surface area (Å²) in [4.78, 5) is 0. The van der Waals surface area contributed by atoms with Gasteiger partial charge in [0.25, 0.3) is 0 Å². The van der Waals surface area contributed by atoms with Gasteiger partial charge in [0.15, 0.2) is 0 Å². The van der Waals surface area contributed by atoms with Crippen molar-refractivity contribution in [1.29, 1.82) is 0 Å². The summed E-state index contributed by atoms with van der Waals surface area (Å²) in [6, 6.07) is 13.7. The van der Waals surface area contributed by atoms with Crippen molar-refractivity contribution in [3.63, 3.8) is 0 Å². The zero-order valence-corrected chi connectivity index (χ0v) is 13.8. The second-order valence-corrected chi connectivity index (χ2v) is 5.45. The van der Waals surface area contributed by atoms with E-state index < -0.39 is 0 Å². The Kier molecular flexibility index (Phi) is 6.56. The lowest BCUT2D eigenvalue weighted by Crippen LogP contribution is -2.14. The second kappa shape index (κ2) is 8.66. The molecule has 0 fully saturated rings. The quantitative estimate of drug-likeness (QED) is 0.781. The predicted octanol–water partition coefficient (Wildman–Crippen LogP) is 4.43. The monoisotopic (exact) mass is 319 g/mol. The number of para-hydroxylation sites is 1. The van der Waals surface area contributed by atoms with Crippen molar-refractivity contribution in [1.82, 2.24) is 5.32 Å². The van der Waals surface area contributed by atoms with Crippen LogP contribution in [0.2, 0.25) is 5.02 Å². The summed E-state index contributed by atoms with van der Waals surface area (Å²) in [5.41, 5.74) is 2.19. The summed E-state index contributed by atoms with van der Waals surface area (Å²) in [5, 5.41) is 4.14. The fourth-order valence-corrected chi connectivity index (χ4v) is 2.41. The lowest BCUT2D eigenvalue weighted by Gasteiger charge is -2.13. The first kappa shape index (κ1) is 16.7. The van der Waals surface area contributed by atoms with Crippen LogP contribution in [0.25, 0.3) is 0 Å². The van der Waals surface area contributed by atoms with E-state index in [2.05, 4.69) is 18.3 Å². The zero-order valence-electron chi connectivity index (χ0n) is 13.1. The van der Waals surface area contributed by atoms with Crippen LogP contribution in [0.5, 0.6) is 11.5 Å². The molecule has 4 heteroatoms. The molecule has 0 radical (unpaired) electrons. The fraction of sp³-hybridized carbons (Fsp3) is 0.333. The van der Waals surface area contributed by atoms with Crippen LogP contribution in [0.4, 0.5) is 0 Å². The van der Waals surface area contributed by atoms with Gasteiger partial charge in [0.2, 0.25) is 0 Å². The normalized spacial score (nSPS) is 10.5. The molecule has 0 spiro atoms. The number of rotatable bonds is 8. The van der Waals surface area contributed by atoms with Crippen LogP contribution in [0.3, 0.4) is 0 Å². The van der Waals surface area contributed by atoms with E-state index >= 15 is 0 Å². The van der Waals surface area contributed by atoms with Gasteiger partial charge in [-0.25, -0.2) is 0 Å². The van der Waals surface area contributed by atoms with E-state index in [1.165, 1.54) is 0 Å². The number of benzene rings is 2. The maximum atomic E-state index is 6.09. The maximum absolute atomic E-state index is 6.09. The molecule has 22 heavy (non-hydrogen) atoms. The number of hydrogen-bond acceptors (Lipinski definition) is 3. The Balaban J connectivity index is 2.00. The van der Waals surface area contributed by atoms with E-state index in [9.17, 15) is 0 Å². The highest BCUT2D eigenvalue weighted by Gasteiger charge is 2.06. The van der Waals surface area contributed by atoms with Gasteiger partial charge in [-0.3, -0.25) is 0 Å². The van der Waals surface area contributed by atoms with Gasteiger partial charge in [-0.2, -0.15) is 0 Å². The molecule has 0 atom stereocenters. The lowest BCUT2D eigenvalue weighted by molar-refractivity contribution is 0.313. The van der Waals surface area contributed by atoms with Gasteiger partial charge >= 0.3 is 0 Å². The minimum absolute atomic E-state index is 0.692. The third-order valence-electron chi connectivity index (χ3n) is 3.31. The Morgan fingerprint density at radius 3 is 2.55 bits per heavy atom. The second-order valence-electron chi connectivity index (χ2n) is 5.02. The minimum Gasteiger partial charge on any atom is -0.496 e. The molecule has 0 aliphatic heterocycles. The minimum atomic E-state index is 0.692. The Morgan fingerprint density at radius 2 is 1.77 bits per heavy atom. The first-order chi connectivity index (χ1) is 10.7. The summed E-state index contributed by atoms with van der Waals surface area (Å²) >= 11 is 6.09. The third kappa shape index (κ3) is 4.65. The average Bonchev–Trinajstić information content (AvgIpc) is 2.54. The van der Waals surface area contributed by atoms with Crippen molar-refractivity contribution in [2.24, 2.45) is 0 Å². The molecule has 0 bridgehead atoms. The smallest absolute Gasteiger partial charge is 0.123 e. The number of methoxy groups -OCH3 is 1. The van der Waals surface area contributed by atoms with Crippen molar-refractivity contribution in [3.05, 3.63) is 58.6 Å². The molecule has 2 aromatic carbocycles. The molecule has 0 saturated heterocycles. The number of hydrogen-bond donors (Lipinski definition) is 1. The Morgan fingerprint density at radius 1 is 1.00 bits per heavy atom. The molecule has 0 unspecified atom stereocenters. The van der Waals surface area contributed by atoms with Gasteiger partial charge in [0, 0.05) is 29.2 Å². The largest absolute Gasteiger partial charge is 0.496 e.